The number of anilines is 1. The number of esters is 1. The first-order valence-corrected chi connectivity index (χ1v) is 7.32. The van der Waals surface area contributed by atoms with Crippen LogP contribution in [0.15, 0.2) is 24.3 Å². The van der Waals surface area contributed by atoms with Crippen molar-refractivity contribution in [2.24, 2.45) is 5.92 Å². The first-order valence-electron chi connectivity index (χ1n) is 7.32. The molecule has 2 atom stereocenters. The van der Waals surface area contributed by atoms with Crippen molar-refractivity contribution in [3.05, 3.63) is 29.8 Å². The smallest absolute Gasteiger partial charge is 0.311 e. The molecule has 0 aromatic heterocycles. The van der Waals surface area contributed by atoms with E-state index < -0.39 is 0 Å². The maximum atomic E-state index is 12.3. The lowest BCUT2D eigenvalue weighted by molar-refractivity contribution is -0.150. The molecule has 4 heteroatoms. The van der Waals surface area contributed by atoms with Gasteiger partial charge < -0.3 is 14.5 Å². The maximum Gasteiger partial charge on any atom is 0.311 e. The molecule has 4 rings (SSSR count). The Hall–Kier alpha value is -1.55. The number of hydrogen-bond donors (Lipinski definition) is 0. The summed E-state index contributed by atoms with van der Waals surface area (Å²) in [5.41, 5.74) is 2.63. The van der Waals surface area contributed by atoms with Crippen molar-refractivity contribution in [2.75, 3.05) is 45.2 Å². The third-order valence-corrected chi connectivity index (χ3v) is 4.38. The zero-order valence-corrected chi connectivity index (χ0v) is 12.2. The van der Waals surface area contributed by atoms with Gasteiger partial charge in [0, 0.05) is 31.2 Å². The number of piperidine rings is 1. The predicted octanol–water partition coefficient (Wildman–Crippen LogP) is 1.71. The Balaban J connectivity index is 1.70. The Bertz CT molecular complexity index is 501. The largest absolute Gasteiger partial charge is 0.464 e. The second kappa shape index (κ2) is 5.44. The van der Waals surface area contributed by atoms with Gasteiger partial charge in [0.2, 0.25) is 0 Å². The Morgan fingerprint density at radius 1 is 1.40 bits per heavy atom. The van der Waals surface area contributed by atoms with Crippen LogP contribution < -0.4 is 4.90 Å². The van der Waals surface area contributed by atoms with E-state index in [0.29, 0.717) is 12.5 Å². The van der Waals surface area contributed by atoms with E-state index in [4.69, 9.17) is 4.74 Å². The quantitative estimate of drug-likeness (QED) is 0.783. The summed E-state index contributed by atoms with van der Waals surface area (Å²) in [7, 11) is 3.97. The molecule has 3 heterocycles. The summed E-state index contributed by atoms with van der Waals surface area (Å²) >= 11 is 0. The van der Waals surface area contributed by atoms with Gasteiger partial charge in [-0.2, -0.15) is 0 Å². The van der Waals surface area contributed by atoms with Gasteiger partial charge >= 0.3 is 5.97 Å². The molecule has 0 N–H and O–H groups in total. The fourth-order valence-electron chi connectivity index (χ4n) is 3.31. The van der Waals surface area contributed by atoms with E-state index >= 15 is 0 Å². The zero-order valence-electron chi connectivity index (χ0n) is 12.2. The average Bonchev–Trinajstić information content (AvgIpc) is 2.47. The van der Waals surface area contributed by atoms with Crippen LogP contribution >= 0.6 is 0 Å². The van der Waals surface area contributed by atoms with E-state index in [1.54, 1.807) is 0 Å². The fourth-order valence-corrected chi connectivity index (χ4v) is 3.31. The molecule has 20 heavy (non-hydrogen) atoms. The molecule has 1 aromatic rings. The highest BCUT2D eigenvalue weighted by molar-refractivity contribution is 5.78. The summed E-state index contributed by atoms with van der Waals surface area (Å²) in [5, 5.41) is 0. The summed E-state index contributed by atoms with van der Waals surface area (Å²) in [5.74, 6) is 0.305. The number of carbonyl (C=O) groups excluding carboxylic acids is 1. The summed E-state index contributed by atoms with van der Waals surface area (Å²) in [6.07, 6.45) is 1.06. The van der Waals surface area contributed by atoms with Crippen LogP contribution in [0.4, 0.5) is 5.69 Å². The number of hydrogen-bond acceptors (Lipinski definition) is 4. The molecule has 0 spiro atoms. The van der Waals surface area contributed by atoms with E-state index in [2.05, 4.69) is 29.2 Å². The highest BCUT2D eigenvalue weighted by Crippen LogP contribution is 2.45. The van der Waals surface area contributed by atoms with E-state index in [0.717, 1.165) is 26.1 Å². The molecule has 3 aliphatic rings. The molecule has 0 radical (unpaired) electrons. The topological polar surface area (TPSA) is 32.8 Å². The predicted molar refractivity (Wildman–Crippen MR) is 79.0 cm³/mol. The van der Waals surface area contributed by atoms with Gasteiger partial charge in [0.15, 0.2) is 0 Å². The standard InChI is InChI=1S/C16H22N2O2/c1-17(2)9-10-20-16(19)14-11-18-8-7-12(14)13-5-3-4-6-15(13)18/h3-6,12,14H,7-11H2,1-2H3. The van der Waals surface area contributed by atoms with Gasteiger partial charge in [0.05, 0.1) is 5.92 Å². The number of nitrogens with zero attached hydrogens (tertiary/aromatic N) is 2. The molecule has 1 aromatic carbocycles. The van der Waals surface area contributed by atoms with Crippen LogP contribution in [0.25, 0.3) is 0 Å². The minimum atomic E-state index is -0.0314. The van der Waals surface area contributed by atoms with Gasteiger partial charge in [-0.15, -0.1) is 0 Å². The van der Waals surface area contributed by atoms with Crippen LogP contribution in [-0.4, -0.2) is 51.2 Å². The molecule has 1 fully saturated rings. The van der Waals surface area contributed by atoms with Gasteiger partial charge in [0.1, 0.15) is 6.61 Å². The van der Waals surface area contributed by atoms with E-state index in [1.807, 2.05) is 19.0 Å². The molecule has 2 unspecified atom stereocenters. The maximum absolute atomic E-state index is 12.3. The van der Waals surface area contributed by atoms with Gasteiger partial charge in [-0.1, -0.05) is 18.2 Å². The van der Waals surface area contributed by atoms with Crippen LogP contribution in [0.1, 0.15) is 17.9 Å². The van der Waals surface area contributed by atoms with Crippen LogP contribution in [-0.2, 0) is 9.53 Å². The lowest BCUT2D eigenvalue weighted by atomic mass is 9.75. The van der Waals surface area contributed by atoms with Gasteiger partial charge in [-0.05, 0) is 32.1 Å². The summed E-state index contributed by atoms with van der Waals surface area (Å²) in [4.78, 5) is 16.7. The average molecular weight is 274 g/mol. The molecule has 3 aliphatic heterocycles. The number of benzene rings is 1. The first-order chi connectivity index (χ1) is 9.66. The number of carbonyl (C=O) groups is 1. The third-order valence-electron chi connectivity index (χ3n) is 4.38. The number of fused-ring (bicyclic) bond motifs is 2. The second-order valence-electron chi connectivity index (χ2n) is 5.98. The highest BCUT2D eigenvalue weighted by Gasteiger charge is 2.42. The number of ether oxygens (including phenoxy) is 1. The van der Waals surface area contributed by atoms with E-state index in [1.165, 1.54) is 11.3 Å². The van der Waals surface area contributed by atoms with Crippen molar-refractivity contribution in [2.45, 2.75) is 12.3 Å². The Morgan fingerprint density at radius 2 is 2.20 bits per heavy atom. The molecule has 0 saturated carbocycles. The van der Waals surface area contributed by atoms with Crippen molar-refractivity contribution < 1.29 is 9.53 Å². The van der Waals surface area contributed by atoms with Crippen molar-refractivity contribution >= 4 is 11.7 Å². The zero-order chi connectivity index (χ0) is 14.1. The van der Waals surface area contributed by atoms with Crippen LogP contribution in [0.3, 0.4) is 0 Å². The fraction of sp³-hybridized carbons (Fsp3) is 0.562. The van der Waals surface area contributed by atoms with Crippen molar-refractivity contribution in [3.8, 4) is 0 Å². The van der Waals surface area contributed by atoms with Crippen molar-refractivity contribution in [1.82, 2.24) is 4.90 Å². The highest BCUT2D eigenvalue weighted by atomic mass is 16.5. The molecule has 0 aliphatic carbocycles. The van der Waals surface area contributed by atoms with Crippen LogP contribution in [0.5, 0.6) is 0 Å². The molecular formula is C16H22N2O2. The summed E-state index contributed by atoms with van der Waals surface area (Å²) < 4.78 is 5.45. The normalized spacial score (nSPS) is 23.9. The lowest BCUT2D eigenvalue weighted by Gasteiger charge is -2.46. The molecular weight excluding hydrogens is 252 g/mol. The lowest BCUT2D eigenvalue weighted by Crippen LogP contribution is -2.48. The minimum Gasteiger partial charge on any atom is -0.464 e. The summed E-state index contributed by atoms with van der Waals surface area (Å²) in [6, 6.07) is 8.46. The second-order valence-corrected chi connectivity index (χ2v) is 5.98. The Morgan fingerprint density at radius 3 is 3.00 bits per heavy atom. The Kier molecular flexibility index (Phi) is 3.66. The molecule has 2 bridgehead atoms. The first kappa shape index (κ1) is 13.4. The minimum absolute atomic E-state index is 0.000752. The van der Waals surface area contributed by atoms with Crippen LogP contribution in [0, 0.1) is 5.92 Å². The van der Waals surface area contributed by atoms with Gasteiger partial charge in [-0.3, -0.25) is 4.79 Å². The van der Waals surface area contributed by atoms with Gasteiger partial charge in [0.25, 0.3) is 0 Å². The molecule has 0 amide bonds. The Labute approximate surface area is 120 Å². The monoisotopic (exact) mass is 274 g/mol. The van der Waals surface area contributed by atoms with E-state index in [9.17, 15) is 4.79 Å². The van der Waals surface area contributed by atoms with Crippen molar-refractivity contribution in [3.63, 3.8) is 0 Å². The molecule has 4 nitrogen and oxygen atoms in total. The number of rotatable bonds is 4. The van der Waals surface area contributed by atoms with Crippen LogP contribution in [0.2, 0.25) is 0 Å². The summed E-state index contributed by atoms with van der Waals surface area (Å²) in [6.45, 7) is 3.13. The number of likely N-dealkylation sites (N-methyl/N-ethyl adjacent to an activating group) is 1. The van der Waals surface area contributed by atoms with E-state index in [-0.39, 0.29) is 11.9 Å². The van der Waals surface area contributed by atoms with Crippen molar-refractivity contribution in [1.29, 1.82) is 0 Å². The molecule has 108 valence electrons. The SMILES string of the molecule is CN(C)CCOC(=O)C1CN2CCC1c1ccccc12. The molecule has 1 saturated heterocycles. The van der Waals surface area contributed by atoms with Gasteiger partial charge in [-0.25, -0.2) is 0 Å². The number of para-hydroxylation sites is 1. The third kappa shape index (κ3) is 2.40.